The normalized spacial score (nSPS) is 11.1. The molecule has 0 unspecified atom stereocenters. The van der Waals surface area contributed by atoms with Crippen molar-refractivity contribution in [1.29, 1.82) is 0 Å². The van der Waals surface area contributed by atoms with Crippen LogP contribution in [0.4, 0.5) is 4.39 Å². The molecule has 6 nitrogen and oxygen atoms in total. The quantitative estimate of drug-likeness (QED) is 0.727. The molecule has 7 heteroatoms. The number of benzene rings is 1. The number of ether oxygens (including phenoxy) is 2. The summed E-state index contributed by atoms with van der Waals surface area (Å²) in [5.41, 5.74) is -0.362. The van der Waals surface area contributed by atoms with Gasteiger partial charge in [-0.05, 0) is 56.7 Å². The van der Waals surface area contributed by atoms with Crippen LogP contribution in [0, 0.1) is 5.82 Å². The third-order valence-electron chi connectivity index (χ3n) is 3.75. The second-order valence-corrected chi connectivity index (χ2v) is 6.37. The summed E-state index contributed by atoms with van der Waals surface area (Å²) in [4.78, 5) is 23.7. The highest BCUT2D eigenvalue weighted by Gasteiger charge is 2.20. The lowest BCUT2D eigenvalue weighted by atomic mass is 10.0. The molecule has 1 heterocycles. The molecular weight excluding hydrogens is 341 g/mol. The van der Waals surface area contributed by atoms with Crippen molar-refractivity contribution in [2.45, 2.75) is 39.3 Å². The van der Waals surface area contributed by atoms with Crippen molar-refractivity contribution in [2.75, 3.05) is 6.61 Å². The fraction of sp³-hybridized carbons (Fsp3) is 0.368. The maximum atomic E-state index is 12.8. The summed E-state index contributed by atoms with van der Waals surface area (Å²) in [6.07, 6.45) is 0.752. The third kappa shape index (κ3) is 5.91. The molecule has 2 rings (SSSR count). The van der Waals surface area contributed by atoms with Crippen molar-refractivity contribution in [3.8, 4) is 5.75 Å². The van der Waals surface area contributed by atoms with Gasteiger partial charge in [0.2, 0.25) is 5.76 Å². The van der Waals surface area contributed by atoms with Crippen LogP contribution in [-0.4, -0.2) is 24.0 Å². The predicted octanol–water partition coefficient (Wildman–Crippen LogP) is 3.46. The topological polar surface area (TPSA) is 77.8 Å². The molecule has 0 spiro atoms. The van der Waals surface area contributed by atoms with Crippen molar-refractivity contribution in [1.82, 2.24) is 5.32 Å². The van der Waals surface area contributed by atoms with Gasteiger partial charge >= 0.3 is 5.97 Å². The van der Waals surface area contributed by atoms with Crippen molar-refractivity contribution < 1.29 is 27.9 Å². The predicted molar refractivity (Wildman–Crippen MR) is 92.2 cm³/mol. The Kier molecular flexibility index (Phi) is 6.38. The molecule has 26 heavy (non-hydrogen) atoms. The lowest BCUT2D eigenvalue weighted by Crippen LogP contribution is -2.44. The zero-order chi connectivity index (χ0) is 19.2. The van der Waals surface area contributed by atoms with Gasteiger partial charge in [0.25, 0.3) is 5.91 Å². The van der Waals surface area contributed by atoms with Crippen LogP contribution in [0.2, 0.25) is 0 Å². The first-order valence-electron chi connectivity index (χ1n) is 8.24. The smallest absolute Gasteiger partial charge is 0.374 e. The molecule has 0 aliphatic carbocycles. The van der Waals surface area contributed by atoms with Gasteiger partial charge in [-0.25, -0.2) is 9.18 Å². The van der Waals surface area contributed by atoms with Crippen LogP contribution >= 0.6 is 0 Å². The highest BCUT2D eigenvalue weighted by atomic mass is 19.1. The number of halogens is 1. The fourth-order valence-electron chi connectivity index (χ4n) is 1.95. The second-order valence-electron chi connectivity index (χ2n) is 6.37. The molecule has 1 amide bonds. The van der Waals surface area contributed by atoms with Gasteiger partial charge in [0.05, 0.1) is 0 Å². The minimum Gasteiger partial charge on any atom is -0.486 e. The van der Waals surface area contributed by atoms with E-state index >= 15 is 0 Å². The average Bonchev–Trinajstić information content (AvgIpc) is 3.08. The molecule has 0 saturated carbocycles. The average molecular weight is 363 g/mol. The van der Waals surface area contributed by atoms with E-state index < -0.39 is 5.97 Å². The number of hydrogen-bond acceptors (Lipinski definition) is 5. The van der Waals surface area contributed by atoms with Gasteiger partial charge in [-0.15, -0.1) is 0 Å². The first kappa shape index (κ1) is 19.5. The number of nitrogens with one attached hydrogen (secondary N) is 1. The third-order valence-corrected chi connectivity index (χ3v) is 3.75. The van der Waals surface area contributed by atoms with Gasteiger partial charge in [-0.2, -0.15) is 0 Å². The molecule has 0 atom stereocenters. The van der Waals surface area contributed by atoms with E-state index in [1.165, 1.54) is 30.3 Å². The van der Waals surface area contributed by atoms with Crippen LogP contribution in [0.15, 0.2) is 40.8 Å². The van der Waals surface area contributed by atoms with E-state index in [1.807, 2.05) is 20.8 Å². The summed E-state index contributed by atoms with van der Waals surface area (Å²) in [5, 5.41) is 2.77. The molecule has 0 radical (unpaired) electrons. The van der Waals surface area contributed by atoms with Gasteiger partial charge < -0.3 is 19.2 Å². The van der Waals surface area contributed by atoms with Crippen LogP contribution < -0.4 is 10.1 Å². The summed E-state index contributed by atoms with van der Waals surface area (Å²) >= 11 is 0. The van der Waals surface area contributed by atoms with Crippen LogP contribution in [0.5, 0.6) is 5.75 Å². The minimum absolute atomic E-state index is 0.0229. The highest BCUT2D eigenvalue weighted by molar-refractivity contribution is 5.89. The Hall–Kier alpha value is -2.83. The molecule has 0 fully saturated rings. The summed E-state index contributed by atoms with van der Waals surface area (Å²) in [7, 11) is 0. The second kappa shape index (κ2) is 8.51. The number of carbonyl (C=O) groups excluding carboxylic acids is 2. The molecule has 1 aromatic heterocycles. The van der Waals surface area contributed by atoms with Crippen LogP contribution in [0.25, 0.3) is 0 Å². The van der Waals surface area contributed by atoms with Crippen LogP contribution in [0.3, 0.4) is 0 Å². The summed E-state index contributed by atoms with van der Waals surface area (Å²) in [6.45, 7) is 5.40. The summed E-state index contributed by atoms with van der Waals surface area (Å²) < 4.78 is 28.5. The monoisotopic (exact) mass is 363 g/mol. The number of carbonyl (C=O) groups is 2. The maximum absolute atomic E-state index is 12.8. The maximum Gasteiger partial charge on any atom is 0.374 e. The molecule has 1 aromatic carbocycles. The first-order valence-corrected chi connectivity index (χ1v) is 8.24. The largest absolute Gasteiger partial charge is 0.486 e. The Morgan fingerprint density at radius 2 is 1.85 bits per heavy atom. The van der Waals surface area contributed by atoms with E-state index in [0.29, 0.717) is 11.5 Å². The van der Waals surface area contributed by atoms with Crippen molar-refractivity contribution in [3.63, 3.8) is 0 Å². The number of esters is 1. The Labute approximate surface area is 151 Å². The van der Waals surface area contributed by atoms with Gasteiger partial charge in [-0.3, -0.25) is 4.79 Å². The van der Waals surface area contributed by atoms with E-state index in [-0.39, 0.29) is 36.2 Å². The fourth-order valence-corrected chi connectivity index (χ4v) is 1.95. The molecular formula is C19H22FNO5. The Balaban J connectivity index is 1.81. The van der Waals surface area contributed by atoms with Crippen molar-refractivity contribution in [2.24, 2.45) is 0 Å². The molecule has 0 bridgehead atoms. The van der Waals surface area contributed by atoms with E-state index in [9.17, 15) is 14.0 Å². The van der Waals surface area contributed by atoms with Crippen LogP contribution in [0.1, 0.15) is 43.5 Å². The zero-order valence-electron chi connectivity index (χ0n) is 15.0. The standard InChI is InChI=1S/C19H22FNO5/c1-4-19(2,3)21-17(22)12-25-18(23)16-10-9-15(26-16)11-24-14-7-5-13(20)6-8-14/h5-10H,4,11-12H2,1-3H3,(H,21,22). The molecule has 0 saturated heterocycles. The molecule has 1 N–H and O–H groups in total. The number of rotatable bonds is 8. The van der Waals surface area contributed by atoms with E-state index in [0.717, 1.165) is 6.42 Å². The van der Waals surface area contributed by atoms with Gasteiger partial charge in [0.1, 0.15) is 23.9 Å². The van der Waals surface area contributed by atoms with Gasteiger partial charge in [0.15, 0.2) is 6.61 Å². The zero-order valence-corrected chi connectivity index (χ0v) is 15.0. The van der Waals surface area contributed by atoms with Gasteiger partial charge in [0, 0.05) is 5.54 Å². The molecule has 0 aliphatic rings. The van der Waals surface area contributed by atoms with E-state index in [1.54, 1.807) is 6.07 Å². The van der Waals surface area contributed by atoms with E-state index in [2.05, 4.69) is 5.32 Å². The van der Waals surface area contributed by atoms with Crippen LogP contribution in [-0.2, 0) is 16.1 Å². The van der Waals surface area contributed by atoms with E-state index in [4.69, 9.17) is 13.9 Å². The Morgan fingerprint density at radius 1 is 1.15 bits per heavy atom. The Bertz CT molecular complexity index is 752. The summed E-state index contributed by atoms with van der Waals surface area (Å²) in [5.74, 6) is -0.615. The number of furan rings is 1. The van der Waals surface area contributed by atoms with Gasteiger partial charge in [-0.1, -0.05) is 6.92 Å². The minimum atomic E-state index is -0.734. The first-order chi connectivity index (χ1) is 12.3. The summed E-state index contributed by atoms with van der Waals surface area (Å²) in [6, 6.07) is 8.56. The SMILES string of the molecule is CCC(C)(C)NC(=O)COC(=O)c1ccc(COc2ccc(F)cc2)o1. The number of amides is 1. The lowest BCUT2D eigenvalue weighted by molar-refractivity contribution is -0.125. The van der Waals surface area contributed by atoms with Crippen molar-refractivity contribution in [3.05, 3.63) is 53.7 Å². The molecule has 140 valence electrons. The van der Waals surface area contributed by atoms with Crippen molar-refractivity contribution >= 4 is 11.9 Å². The molecule has 0 aliphatic heterocycles. The highest BCUT2D eigenvalue weighted by Crippen LogP contribution is 2.15. The number of hydrogen-bond donors (Lipinski definition) is 1. The molecule has 2 aromatic rings. The lowest BCUT2D eigenvalue weighted by Gasteiger charge is -2.24. The Morgan fingerprint density at radius 3 is 2.50 bits per heavy atom.